The largest absolute Gasteiger partial charge is 0.478 e. The number of carboxylic acid groups (broad SMARTS) is 1. The van der Waals surface area contributed by atoms with Crippen LogP contribution in [0, 0.1) is 0 Å². The number of Topliss-reactive ketones (excluding diaryl/α,β-unsaturated/α-hetero) is 1. The van der Waals surface area contributed by atoms with E-state index in [0.717, 1.165) is 5.56 Å². The van der Waals surface area contributed by atoms with Crippen LogP contribution in [0.5, 0.6) is 0 Å². The summed E-state index contributed by atoms with van der Waals surface area (Å²) in [5.41, 5.74) is 1.09. The van der Waals surface area contributed by atoms with Crippen LogP contribution in [-0.2, 0) is 11.2 Å². The van der Waals surface area contributed by atoms with Crippen LogP contribution in [-0.4, -0.2) is 21.7 Å². The van der Waals surface area contributed by atoms with Crippen LogP contribution in [0.15, 0.2) is 24.3 Å². The lowest BCUT2D eigenvalue weighted by molar-refractivity contribution is -0.116. The van der Waals surface area contributed by atoms with E-state index >= 15 is 0 Å². The highest BCUT2D eigenvalue weighted by molar-refractivity contribution is 9.10. The van der Waals surface area contributed by atoms with Gasteiger partial charge in [0.1, 0.15) is 5.78 Å². The molecule has 0 bridgehead atoms. The molecule has 1 unspecified atom stereocenters. The van der Waals surface area contributed by atoms with Gasteiger partial charge in [0.05, 0.1) is 10.4 Å². The van der Waals surface area contributed by atoms with Gasteiger partial charge in [0, 0.05) is 0 Å². The third-order valence-electron chi connectivity index (χ3n) is 2.03. The van der Waals surface area contributed by atoms with E-state index in [2.05, 4.69) is 15.9 Å². The molecular weight excluding hydrogens is 260 g/mol. The number of hydrogen-bond donors (Lipinski definition) is 1. The zero-order chi connectivity index (χ0) is 11.4. The summed E-state index contributed by atoms with van der Waals surface area (Å²) in [5.74, 6) is -0.915. The molecule has 0 fully saturated rings. The maximum absolute atomic E-state index is 11.0. The summed E-state index contributed by atoms with van der Waals surface area (Å²) < 4.78 is 0. The summed E-state index contributed by atoms with van der Waals surface area (Å²) in [7, 11) is 0. The number of benzene rings is 1. The monoisotopic (exact) mass is 270 g/mol. The highest BCUT2D eigenvalue weighted by atomic mass is 79.9. The Morgan fingerprint density at radius 2 is 2.13 bits per heavy atom. The maximum Gasteiger partial charge on any atom is 0.335 e. The highest BCUT2D eigenvalue weighted by Gasteiger charge is 2.11. The number of ketones is 1. The van der Waals surface area contributed by atoms with Gasteiger partial charge in [0.15, 0.2) is 0 Å². The van der Waals surface area contributed by atoms with Crippen LogP contribution < -0.4 is 0 Å². The second-order valence-corrected chi connectivity index (χ2v) is 4.39. The van der Waals surface area contributed by atoms with Crippen LogP contribution in [0.25, 0.3) is 0 Å². The predicted octanol–water partition coefficient (Wildman–Crippen LogP) is 2.28. The molecular formula is C11H11BrO3. The number of rotatable bonds is 4. The van der Waals surface area contributed by atoms with E-state index in [0.29, 0.717) is 6.42 Å². The average Bonchev–Trinajstić information content (AvgIpc) is 2.18. The van der Waals surface area contributed by atoms with E-state index < -0.39 is 5.97 Å². The molecule has 0 radical (unpaired) electrons. The normalized spacial score (nSPS) is 12.1. The first-order chi connectivity index (χ1) is 7.00. The van der Waals surface area contributed by atoms with E-state index in [1.54, 1.807) is 12.1 Å². The van der Waals surface area contributed by atoms with Gasteiger partial charge in [-0.3, -0.25) is 4.79 Å². The van der Waals surface area contributed by atoms with Gasteiger partial charge >= 0.3 is 5.97 Å². The number of hydrogen-bond acceptors (Lipinski definition) is 2. The molecule has 0 aliphatic heterocycles. The molecule has 0 spiro atoms. The number of aromatic carboxylic acids is 1. The Labute approximate surface area is 96.2 Å². The lowest BCUT2D eigenvalue weighted by atomic mass is 10.1. The molecule has 4 heteroatoms. The Morgan fingerprint density at radius 3 is 2.67 bits per heavy atom. The zero-order valence-electron chi connectivity index (χ0n) is 8.24. The van der Waals surface area contributed by atoms with E-state index in [4.69, 9.17) is 5.11 Å². The van der Waals surface area contributed by atoms with Crippen molar-refractivity contribution in [3.63, 3.8) is 0 Å². The minimum atomic E-state index is -0.953. The minimum absolute atomic E-state index is 0.0377. The van der Waals surface area contributed by atoms with Crippen molar-refractivity contribution in [3.05, 3.63) is 35.4 Å². The van der Waals surface area contributed by atoms with Crippen molar-refractivity contribution in [2.45, 2.75) is 18.2 Å². The third kappa shape index (κ3) is 3.47. The van der Waals surface area contributed by atoms with Gasteiger partial charge in [-0.05, 0) is 31.0 Å². The quantitative estimate of drug-likeness (QED) is 0.855. The first-order valence-electron chi connectivity index (χ1n) is 4.47. The molecule has 1 N–H and O–H groups in total. The van der Waals surface area contributed by atoms with Gasteiger partial charge in [0.2, 0.25) is 0 Å². The Balaban J connectivity index is 2.82. The van der Waals surface area contributed by atoms with Gasteiger partial charge in [-0.1, -0.05) is 28.1 Å². The zero-order valence-corrected chi connectivity index (χ0v) is 9.82. The highest BCUT2D eigenvalue weighted by Crippen LogP contribution is 2.12. The van der Waals surface area contributed by atoms with Gasteiger partial charge in [0.25, 0.3) is 0 Å². The molecule has 0 heterocycles. The van der Waals surface area contributed by atoms with Crippen molar-refractivity contribution >= 4 is 27.7 Å². The third-order valence-corrected chi connectivity index (χ3v) is 3.00. The summed E-state index contributed by atoms with van der Waals surface area (Å²) in [6.07, 6.45) is 0.510. The molecule has 1 atom stereocenters. The van der Waals surface area contributed by atoms with Crippen LogP contribution >= 0.6 is 15.9 Å². The molecule has 1 rings (SSSR count). The Kier molecular flexibility index (Phi) is 4.03. The number of carboxylic acids is 1. The summed E-state index contributed by atoms with van der Waals surface area (Å²) in [4.78, 5) is 21.4. The maximum atomic E-state index is 11.0. The van der Waals surface area contributed by atoms with Crippen molar-refractivity contribution in [2.75, 3.05) is 0 Å². The number of alkyl halides is 1. The van der Waals surface area contributed by atoms with Crippen LogP contribution in [0.2, 0.25) is 0 Å². The van der Waals surface area contributed by atoms with Crippen molar-refractivity contribution < 1.29 is 14.7 Å². The Bertz CT molecular complexity index is 387. The van der Waals surface area contributed by atoms with Crippen molar-refractivity contribution in [1.82, 2.24) is 0 Å². The lowest BCUT2D eigenvalue weighted by Crippen LogP contribution is -2.13. The lowest BCUT2D eigenvalue weighted by Gasteiger charge is -2.06. The number of carbonyl (C=O) groups excluding carboxylic acids is 1. The van der Waals surface area contributed by atoms with E-state index in [9.17, 15) is 9.59 Å². The second-order valence-electron chi connectivity index (χ2n) is 3.29. The summed E-state index contributed by atoms with van der Waals surface area (Å²) in [6.45, 7) is 1.50. The molecule has 1 aromatic carbocycles. The molecule has 0 aliphatic rings. The molecule has 1 aromatic rings. The molecule has 0 saturated heterocycles. The molecule has 3 nitrogen and oxygen atoms in total. The van der Waals surface area contributed by atoms with Gasteiger partial charge in [-0.15, -0.1) is 0 Å². The van der Waals surface area contributed by atoms with E-state index in [1.807, 2.05) is 6.07 Å². The van der Waals surface area contributed by atoms with Crippen LogP contribution in [0.4, 0.5) is 0 Å². The van der Waals surface area contributed by atoms with Gasteiger partial charge < -0.3 is 5.11 Å². The van der Waals surface area contributed by atoms with Crippen molar-refractivity contribution in [3.8, 4) is 0 Å². The Morgan fingerprint density at radius 1 is 1.47 bits per heavy atom. The van der Waals surface area contributed by atoms with Gasteiger partial charge in [-0.2, -0.15) is 0 Å². The summed E-state index contributed by atoms with van der Waals surface area (Å²) in [5, 5.41) is 8.77. The average molecular weight is 271 g/mol. The van der Waals surface area contributed by atoms with Crippen LogP contribution in [0.1, 0.15) is 22.8 Å². The smallest absolute Gasteiger partial charge is 0.335 e. The molecule has 0 aromatic heterocycles. The molecule has 0 aliphatic carbocycles. The predicted molar refractivity (Wildman–Crippen MR) is 60.5 cm³/mol. The fourth-order valence-corrected chi connectivity index (χ4v) is 1.56. The fourth-order valence-electron chi connectivity index (χ4n) is 1.18. The van der Waals surface area contributed by atoms with Crippen molar-refractivity contribution in [1.29, 1.82) is 0 Å². The van der Waals surface area contributed by atoms with E-state index in [1.165, 1.54) is 13.0 Å². The molecule has 80 valence electrons. The first-order valence-corrected chi connectivity index (χ1v) is 5.39. The van der Waals surface area contributed by atoms with E-state index in [-0.39, 0.29) is 16.2 Å². The summed E-state index contributed by atoms with van der Waals surface area (Å²) in [6, 6.07) is 6.60. The fraction of sp³-hybridized carbons (Fsp3) is 0.273. The second kappa shape index (κ2) is 5.07. The standard InChI is InChI=1S/C11H11BrO3/c1-7(13)10(12)6-8-3-2-4-9(5-8)11(14)15/h2-5,10H,6H2,1H3,(H,14,15). The topological polar surface area (TPSA) is 54.4 Å². The van der Waals surface area contributed by atoms with Gasteiger partial charge in [-0.25, -0.2) is 4.79 Å². The van der Waals surface area contributed by atoms with Crippen molar-refractivity contribution in [2.24, 2.45) is 0 Å². The SMILES string of the molecule is CC(=O)C(Br)Cc1cccc(C(=O)O)c1. The molecule has 0 saturated carbocycles. The number of halogens is 1. The summed E-state index contributed by atoms with van der Waals surface area (Å²) >= 11 is 3.24. The Hall–Kier alpha value is -1.16. The molecule has 0 amide bonds. The minimum Gasteiger partial charge on any atom is -0.478 e. The first kappa shape index (κ1) is 11.9. The number of carbonyl (C=O) groups is 2. The van der Waals surface area contributed by atoms with Crippen LogP contribution in [0.3, 0.4) is 0 Å². The molecule has 15 heavy (non-hydrogen) atoms.